The van der Waals surface area contributed by atoms with Gasteiger partial charge in [-0.05, 0) is 48.0 Å². The highest BCUT2D eigenvalue weighted by Crippen LogP contribution is 2.15. The first kappa shape index (κ1) is 20.5. The first-order valence-corrected chi connectivity index (χ1v) is 8.73. The van der Waals surface area contributed by atoms with Gasteiger partial charge in [-0.1, -0.05) is 18.2 Å². The van der Waals surface area contributed by atoms with E-state index in [1.165, 1.54) is 42.8 Å². The van der Waals surface area contributed by atoms with Crippen LogP contribution in [0.1, 0.15) is 26.5 Å². The number of carbonyl (C=O) groups excluding carboxylic acids is 3. The molecule has 0 bridgehead atoms. The van der Waals surface area contributed by atoms with Crippen LogP contribution in [0.5, 0.6) is 5.75 Å². The van der Waals surface area contributed by atoms with Crippen LogP contribution in [0.2, 0.25) is 0 Å². The predicted molar refractivity (Wildman–Crippen MR) is 105 cm³/mol. The molecule has 0 fully saturated rings. The van der Waals surface area contributed by atoms with Crippen molar-refractivity contribution in [2.75, 3.05) is 6.54 Å². The van der Waals surface area contributed by atoms with Gasteiger partial charge in [0.05, 0.1) is 24.6 Å². The lowest BCUT2D eigenvalue weighted by Crippen LogP contribution is -2.34. The van der Waals surface area contributed by atoms with E-state index in [1.54, 1.807) is 24.3 Å². The molecule has 9 heteroatoms. The van der Waals surface area contributed by atoms with Crippen molar-refractivity contribution in [1.29, 1.82) is 0 Å². The number of carbonyl (C=O) groups is 3. The Kier molecular flexibility index (Phi) is 6.67. The lowest BCUT2D eigenvalue weighted by atomic mass is 10.2. The number of esters is 1. The summed E-state index contributed by atoms with van der Waals surface area (Å²) >= 11 is 0. The molecule has 3 aromatic rings. The molecule has 0 spiro atoms. The third kappa shape index (κ3) is 5.86. The van der Waals surface area contributed by atoms with Crippen molar-refractivity contribution in [3.05, 3.63) is 89.6 Å². The van der Waals surface area contributed by atoms with Gasteiger partial charge in [0.1, 0.15) is 11.6 Å². The fourth-order valence-electron chi connectivity index (χ4n) is 2.31. The minimum Gasteiger partial charge on any atom is -0.459 e. The largest absolute Gasteiger partial charge is 0.459 e. The van der Waals surface area contributed by atoms with E-state index >= 15 is 0 Å². The quantitative estimate of drug-likeness (QED) is 0.270. The second-order valence-electron chi connectivity index (χ2n) is 5.93. The molecule has 0 aliphatic rings. The maximum absolute atomic E-state index is 13.2. The Labute approximate surface area is 170 Å². The van der Waals surface area contributed by atoms with Gasteiger partial charge in [-0.3, -0.25) is 9.59 Å². The van der Waals surface area contributed by atoms with Crippen molar-refractivity contribution in [1.82, 2.24) is 10.7 Å². The molecule has 0 aliphatic carbocycles. The van der Waals surface area contributed by atoms with Gasteiger partial charge in [-0.25, -0.2) is 14.6 Å². The molecule has 0 unspecified atom stereocenters. The summed E-state index contributed by atoms with van der Waals surface area (Å²) in [5, 5.41) is 6.16. The predicted octanol–water partition coefficient (Wildman–Crippen LogP) is 2.52. The number of hydrogen-bond acceptors (Lipinski definition) is 6. The first-order valence-electron chi connectivity index (χ1n) is 8.73. The van der Waals surface area contributed by atoms with Crippen LogP contribution < -0.4 is 15.5 Å². The van der Waals surface area contributed by atoms with Crippen molar-refractivity contribution in [3.63, 3.8) is 0 Å². The molecule has 2 N–H and O–H groups in total. The number of nitrogens with zero attached hydrogens (tertiary/aromatic N) is 1. The average Bonchev–Trinajstić information content (AvgIpc) is 3.27. The Bertz CT molecular complexity index is 1080. The number of amides is 2. The normalized spacial score (nSPS) is 10.6. The van der Waals surface area contributed by atoms with Crippen molar-refractivity contribution >= 4 is 24.0 Å². The van der Waals surface area contributed by atoms with Crippen molar-refractivity contribution < 1.29 is 27.9 Å². The summed E-state index contributed by atoms with van der Waals surface area (Å²) in [6.45, 7) is -0.290. The molecule has 8 nitrogen and oxygen atoms in total. The molecular formula is C21H16FN3O5. The number of furan rings is 1. The van der Waals surface area contributed by atoms with E-state index in [1.807, 2.05) is 0 Å². The summed E-state index contributed by atoms with van der Waals surface area (Å²) in [4.78, 5) is 35.5. The van der Waals surface area contributed by atoms with Crippen LogP contribution >= 0.6 is 0 Å². The summed E-state index contributed by atoms with van der Waals surface area (Å²) in [7, 11) is 0. The average molecular weight is 409 g/mol. The Morgan fingerprint density at radius 3 is 2.67 bits per heavy atom. The zero-order valence-electron chi connectivity index (χ0n) is 15.5. The van der Waals surface area contributed by atoms with E-state index in [4.69, 9.17) is 9.15 Å². The first-order chi connectivity index (χ1) is 14.5. The van der Waals surface area contributed by atoms with Gasteiger partial charge in [0.25, 0.3) is 11.8 Å². The van der Waals surface area contributed by atoms with Gasteiger partial charge in [0.2, 0.25) is 0 Å². The highest BCUT2D eigenvalue weighted by Gasteiger charge is 2.10. The number of nitrogens with one attached hydrogen (secondary N) is 2. The molecule has 0 saturated heterocycles. The highest BCUT2D eigenvalue weighted by atomic mass is 19.1. The van der Waals surface area contributed by atoms with Crippen LogP contribution in [0.4, 0.5) is 4.39 Å². The Balaban J connectivity index is 1.50. The van der Waals surface area contributed by atoms with Crippen molar-refractivity contribution in [2.45, 2.75) is 0 Å². The van der Waals surface area contributed by atoms with Gasteiger partial charge < -0.3 is 14.5 Å². The van der Waals surface area contributed by atoms with Gasteiger partial charge >= 0.3 is 5.97 Å². The SMILES string of the molecule is O=C(CNC(=O)c1ccco1)NN=Cc1cccc(OC(=O)c2cccc(F)c2)c1. The van der Waals surface area contributed by atoms with Crippen LogP contribution in [0, 0.1) is 5.82 Å². The van der Waals surface area contributed by atoms with Crippen LogP contribution in [0.3, 0.4) is 0 Å². The van der Waals surface area contributed by atoms with Gasteiger partial charge in [-0.2, -0.15) is 5.10 Å². The van der Waals surface area contributed by atoms with Crippen LogP contribution in [-0.4, -0.2) is 30.5 Å². The second-order valence-corrected chi connectivity index (χ2v) is 5.93. The standard InChI is InChI=1S/C21H16FN3O5/c22-16-6-2-5-15(11-16)21(28)30-17-7-1-4-14(10-17)12-24-25-19(26)13-23-20(27)18-8-3-9-29-18/h1-12H,13H2,(H,23,27)(H,25,26). The molecule has 3 rings (SSSR count). The van der Waals surface area contributed by atoms with E-state index in [2.05, 4.69) is 15.8 Å². The van der Waals surface area contributed by atoms with Gasteiger partial charge in [-0.15, -0.1) is 0 Å². The Hall–Kier alpha value is -4.27. The molecule has 152 valence electrons. The zero-order valence-corrected chi connectivity index (χ0v) is 15.5. The second kappa shape index (κ2) is 9.78. The third-order valence-electron chi connectivity index (χ3n) is 3.69. The number of benzene rings is 2. The molecule has 1 heterocycles. The summed E-state index contributed by atoms with van der Waals surface area (Å²) in [6, 6.07) is 14.6. The lowest BCUT2D eigenvalue weighted by molar-refractivity contribution is -0.120. The summed E-state index contributed by atoms with van der Waals surface area (Å²) in [6.07, 6.45) is 2.69. The third-order valence-corrected chi connectivity index (χ3v) is 3.69. The number of halogens is 1. The zero-order chi connectivity index (χ0) is 21.3. The van der Waals surface area contributed by atoms with E-state index in [0.717, 1.165) is 6.07 Å². The van der Waals surface area contributed by atoms with E-state index < -0.39 is 23.6 Å². The maximum Gasteiger partial charge on any atom is 0.343 e. The van der Waals surface area contributed by atoms with Gasteiger partial charge in [0.15, 0.2) is 5.76 Å². The molecule has 0 radical (unpaired) electrons. The minimum atomic E-state index is -0.704. The molecule has 2 aromatic carbocycles. The van der Waals surface area contributed by atoms with E-state index in [-0.39, 0.29) is 23.6 Å². The minimum absolute atomic E-state index is 0.0814. The summed E-state index contributed by atoms with van der Waals surface area (Å²) < 4.78 is 23.3. The molecule has 0 atom stereocenters. The summed E-state index contributed by atoms with van der Waals surface area (Å²) in [5.74, 6) is -1.99. The number of ether oxygens (including phenoxy) is 1. The smallest absolute Gasteiger partial charge is 0.343 e. The summed E-state index contributed by atoms with van der Waals surface area (Å²) in [5.41, 5.74) is 2.88. The number of hydrazone groups is 1. The molecule has 0 aliphatic heterocycles. The van der Waals surface area contributed by atoms with E-state index in [0.29, 0.717) is 5.56 Å². The molecular weight excluding hydrogens is 393 g/mol. The van der Waals surface area contributed by atoms with Gasteiger partial charge in [0, 0.05) is 0 Å². The molecule has 0 saturated carbocycles. The van der Waals surface area contributed by atoms with Crippen molar-refractivity contribution in [3.8, 4) is 5.75 Å². The molecule has 1 aromatic heterocycles. The number of rotatable bonds is 7. The number of hydrogen-bond donors (Lipinski definition) is 2. The van der Waals surface area contributed by atoms with E-state index in [9.17, 15) is 18.8 Å². The highest BCUT2D eigenvalue weighted by molar-refractivity contribution is 5.94. The maximum atomic E-state index is 13.2. The molecule has 2 amide bonds. The molecule has 30 heavy (non-hydrogen) atoms. The van der Waals surface area contributed by atoms with Crippen LogP contribution in [0.25, 0.3) is 0 Å². The van der Waals surface area contributed by atoms with Crippen LogP contribution in [0.15, 0.2) is 76.4 Å². The Morgan fingerprint density at radius 2 is 1.90 bits per heavy atom. The van der Waals surface area contributed by atoms with Crippen LogP contribution in [-0.2, 0) is 4.79 Å². The lowest BCUT2D eigenvalue weighted by Gasteiger charge is -2.05. The fourth-order valence-corrected chi connectivity index (χ4v) is 2.31. The Morgan fingerprint density at radius 1 is 1.07 bits per heavy atom. The fraction of sp³-hybridized carbons (Fsp3) is 0.0476. The monoisotopic (exact) mass is 409 g/mol. The van der Waals surface area contributed by atoms with Crippen molar-refractivity contribution in [2.24, 2.45) is 5.10 Å². The topological polar surface area (TPSA) is 110 Å².